The van der Waals surface area contributed by atoms with Crippen LogP contribution in [0.1, 0.15) is 10.4 Å². The van der Waals surface area contributed by atoms with E-state index in [1.165, 1.54) is 63.0 Å². The fourth-order valence-electron chi connectivity index (χ4n) is 3.46. The molecular formula is C25H30N4O5S3. The van der Waals surface area contributed by atoms with Crippen LogP contribution < -0.4 is 4.90 Å². The van der Waals surface area contributed by atoms with Gasteiger partial charge in [0.15, 0.2) is 15.0 Å². The maximum absolute atomic E-state index is 13.6. The molecule has 1 amide bonds. The first-order valence-corrected chi connectivity index (χ1v) is 15.4. The van der Waals surface area contributed by atoms with Gasteiger partial charge in [-0.25, -0.2) is 21.8 Å². The van der Waals surface area contributed by atoms with Crippen molar-refractivity contribution in [1.82, 2.24) is 14.2 Å². The summed E-state index contributed by atoms with van der Waals surface area (Å²) >= 11 is 1.22. The summed E-state index contributed by atoms with van der Waals surface area (Å²) in [5.74, 6) is -0.345. The van der Waals surface area contributed by atoms with Crippen LogP contribution in [-0.2, 0) is 19.9 Å². The highest BCUT2D eigenvalue weighted by Gasteiger charge is 2.25. The van der Waals surface area contributed by atoms with E-state index in [1.54, 1.807) is 12.1 Å². The van der Waals surface area contributed by atoms with Gasteiger partial charge in [-0.15, -0.1) is 13.2 Å². The number of nitrogens with zero attached hydrogens (tertiary/aromatic N) is 4. The van der Waals surface area contributed by atoms with E-state index in [2.05, 4.69) is 18.1 Å². The lowest BCUT2D eigenvalue weighted by Crippen LogP contribution is -2.36. The molecule has 0 aliphatic rings. The van der Waals surface area contributed by atoms with E-state index in [4.69, 9.17) is 0 Å². The second-order valence-electron chi connectivity index (χ2n) is 8.58. The quantitative estimate of drug-likeness (QED) is 0.312. The van der Waals surface area contributed by atoms with Gasteiger partial charge in [0.25, 0.3) is 5.91 Å². The number of hydrogen-bond donors (Lipinski definition) is 0. The van der Waals surface area contributed by atoms with Crippen molar-refractivity contribution in [1.29, 1.82) is 0 Å². The van der Waals surface area contributed by atoms with Crippen molar-refractivity contribution in [2.24, 2.45) is 0 Å². The van der Waals surface area contributed by atoms with Crippen LogP contribution in [0.5, 0.6) is 0 Å². The summed E-state index contributed by atoms with van der Waals surface area (Å²) in [6.45, 7) is 8.37. The standard InChI is InChI=1S/C25H30N4O5S3/c1-6-14-28(15-7-2)37(33,34)20-10-8-19(9-11-20)24(30)29(17-16-27(3)4)25-26-22-13-12-21(36(5,31)32)18-23(22)35-25/h6-13,18H,1-2,14-17H2,3-5H3. The van der Waals surface area contributed by atoms with Gasteiger partial charge >= 0.3 is 0 Å². The van der Waals surface area contributed by atoms with Crippen LogP contribution in [0.3, 0.4) is 0 Å². The molecule has 3 rings (SSSR count). The molecule has 9 nitrogen and oxygen atoms in total. The molecule has 0 N–H and O–H groups in total. The molecule has 0 unspecified atom stereocenters. The van der Waals surface area contributed by atoms with E-state index < -0.39 is 19.9 Å². The molecule has 12 heteroatoms. The molecule has 0 spiro atoms. The van der Waals surface area contributed by atoms with Crippen LogP contribution in [0.2, 0.25) is 0 Å². The molecule has 0 aliphatic carbocycles. The smallest absolute Gasteiger partial charge is 0.260 e. The molecule has 0 saturated carbocycles. The lowest BCUT2D eigenvalue weighted by Gasteiger charge is -2.22. The summed E-state index contributed by atoms with van der Waals surface area (Å²) in [6, 6.07) is 10.4. The fraction of sp³-hybridized carbons (Fsp3) is 0.280. The Balaban J connectivity index is 1.97. The van der Waals surface area contributed by atoms with E-state index >= 15 is 0 Å². The minimum Gasteiger partial charge on any atom is -0.308 e. The van der Waals surface area contributed by atoms with E-state index in [-0.39, 0.29) is 28.8 Å². The number of carbonyl (C=O) groups is 1. The van der Waals surface area contributed by atoms with Crippen LogP contribution in [0, 0.1) is 0 Å². The lowest BCUT2D eigenvalue weighted by atomic mass is 10.2. The Labute approximate surface area is 222 Å². The molecule has 3 aromatic rings. The highest BCUT2D eigenvalue weighted by molar-refractivity contribution is 7.90. The monoisotopic (exact) mass is 562 g/mol. The van der Waals surface area contributed by atoms with Crippen molar-refractivity contribution in [3.05, 3.63) is 73.3 Å². The second-order valence-corrected chi connectivity index (χ2v) is 13.5. The Morgan fingerprint density at radius 1 is 0.946 bits per heavy atom. The number of aromatic nitrogens is 1. The molecule has 0 saturated heterocycles. The van der Waals surface area contributed by atoms with E-state index in [1.807, 2.05) is 19.0 Å². The molecule has 1 heterocycles. The third-order valence-corrected chi connectivity index (χ3v) is 9.43. The number of benzene rings is 2. The van der Waals surface area contributed by atoms with Gasteiger partial charge < -0.3 is 4.90 Å². The second kappa shape index (κ2) is 11.7. The van der Waals surface area contributed by atoms with Crippen molar-refractivity contribution in [3.8, 4) is 0 Å². The number of hydrogen-bond acceptors (Lipinski definition) is 8. The van der Waals surface area contributed by atoms with Gasteiger partial charge in [0, 0.05) is 38.0 Å². The Morgan fingerprint density at radius 2 is 1.54 bits per heavy atom. The Kier molecular flexibility index (Phi) is 9.03. The molecule has 0 fully saturated rings. The Morgan fingerprint density at radius 3 is 2.08 bits per heavy atom. The average Bonchev–Trinajstić information content (AvgIpc) is 3.26. The predicted octanol–water partition coefficient (Wildman–Crippen LogP) is 3.27. The molecule has 0 aliphatic heterocycles. The number of likely N-dealkylation sites (N-methyl/N-ethyl adjacent to an activating group) is 1. The zero-order chi connectivity index (χ0) is 27.4. The largest absolute Gasteiger partial charge is 0.308 e. The van der Waals surface area contributed by atoms with Crippen LogP contribution in [0.15, 0.2) is 77.6 Å². The van der Waals surface area contributed by atoms with Gasteiger partial charge in [-0.1, -0.05) is 23.5 Å². The van der Waals surface area contributed by atoms with E-state index in [0.717, 1.165) is 6.26 Å². The van der Waals surface area contributed by atoms with Crippen LogP contribution >= 0.6 is 11.3 Å². The summed E-state index contributed by atoms with van der Waals surface area (Å²) in [7, 11) is -3.41. The Hall–Kier alpha value is -2.90. The number of carbonyl (C=O) groups excluding carboxylic acids is 1. The van der Waals surface area contributed by atoms with Gasteiger partial charge in [0.1, 0.15) is 0 Å². The average molecular weight is 563 g/mol. The highest BCUT2D eigenvalue weighted by Crippen LogP contribution is 2.31. The zero-order valence-electron chi connectivity index (χ0n) is 21.0. The first kappa shape index (κ1) is 28.7. The minimum absolute atomic E-state index is 0.0564. The van der Waals surface area contributed by atoms with Crippen molar-refractivity contribution < 1.29 is 21.6 Å². The van der Waals surface area contributed by atoms with Gasteiger partial charge in [0.05, 0.1) is 20.0 Å². The molecule has 0 radical (unpaired) electrons. The maximum atomic E-state index is 13.6. The molecule has 0 bridgehead atoms. The number of anilines is 1. The number of rotatable bonds is 12. The lowest BCUT2D eigenvalue weighted by molar-refractivity contribution is 0.0985. The summed E-state index contributed by atoms with van der Waals surface area (Å²) < 4.78 is 51.8. The van der Waals surface area contributed by atoms with Crippen molar-refractivity contribution in [3.63, 3.8) is 0 Å². The topological polar surface area (TPSA) is 108 Å². The molecule has 198 valence electrons. The molecule has 1 aromatic heterocycles. The molecular weight excluding hydrogens is 532 g/mol. The number of fused-ring (bicyclic) bond motifs is 1. The summed E-state index contributed by atoms with van der Waals surface area (Å²) in [6.07, 6.45) is 4.14. The normalized spacial score (nSPS) is 12.2. The van der Waals surface area contributed by atoms with Gasteiger partial charge in [-0.3, -0.25) is 9.69 Å². The number of thiazole rings is 1. The van der Waals surface area contributed by atoms with Crippen LogP contribution in [0.25, 0.3) is 10.2 Å². The van der Waals surface area contributed by atoms with E-state index in [0.29, 0.717) is 34.0 Å². The highest BCUT2D eigenvalue weighted by atomic mass is 32.2. The number of sulfone groups is 1. The third-order valence-electron chi connectivity index (χ3n) is 5.43. The van der Waals surface area contributed by atoms with Gasteiger partial charge in [0.2, 0.25) is 10.0 Å². The molecule has 0 atom stereocenters. The summed E-state index contributed by atoms with van der Waals surface area (Å²) in [4.78, 5) is 21.8. The molecule has 37 heavy (non-hydrogen) atoms. The SMILES string of the molecule is C=CCN(CC=C)S(=O)(=O)c1ccc(C(=O)N(CCN(C)C)c2nc3ccc(S(C)(=O)=O)cc3s2)cc1. The molecule has 2 aromatic carbocycles. The van der Waals surface area contributed by atoms with Crippen molar-refractivity contribution >= 4 is 52.5 Å². The van der Waals surface area contributed by atoms with Crippen LogP contribution in [0.4, 0.5) is 5.13 Å². The Bertz CT molecular complexity index is 1500. The van der Waals surface area contributed by atoms with Gasteiger partial charge in [-0.2, -0.15) is 4.31 Å². The van der Waals surface area contributed by atoms with Crippen LogP contribution in [-0.4, -0.2) is 83.5 Å². The number of sulfonamides is 1. The maximum Gasteiger partial charge on any atom is 0.260 e. The van der Waals surface area contributed by atoms with Gasteiger partial charge in [-0.05, 0) is 56.6 Å². The summed E-state index contributed by atoms with van der Waals surface area (Å²) in [5.41, 5.74) is 0.883. The third kappa shape index (κ3) is 6.70. The first-order valence-electron chi connectivity index (χ1n) is 11.3. The van der Waals surface area contributed by atoms with Crippen molar-refractivity contribution in [2.45, 2.75) is 9.79 Å². The zero-order valence-corrected chi connectivity index (χ0v) is 23.4. The van der Waals surface area contributed by atoms with E-state index in [9.17, 15) is 21.6 Å². The summed E-state index contributed by atoms with van der Waals surface area (Å²) in [5, 5.41) is 0.423. The first-order chi connectivity index (χ1) is 17.4. The fourth-order valence-corrected chi connectivity index (χ4v) is 6.59. The predicted molar refractivity (Wildman–Crippen MR) is 149 cm³/mol. The number of amides is 1. The minimum atomic E-state index is -3.80. The van der Waals surface area contributed by atoms with Crippen molar-refractivity contribution in [2.75, 3.05) is 51.4 Å².